The minimum Gasteiger partial charge on any atom is -0.494 e. The van der Waals surface area contributed by atoms with Crippen LogP contribution >= 0.6 is 0 Å². The standard InChI is InChI=1S/C18H30O2/c1-2-3-4-5-6-7-8-9-15-20-18-12-10-11-17(16-18)13-14-19/h10-12,16,19H,2-9,13-15H2,1H3. The van der Waals surface area contributed by atoms with Crippen molar-refractivity contribution in [1.82, 2.24) is 0 Å². The molecule has 0 unspecified atom stereocenters. The molecule has 1 N–H and O–H groups in total. The fourth-order valence-electron chi connectivity index (χ4n) is 2.35. The zero-order valence-electron chi connectivity index (χ0n) is 12.9. The molecule has 0 radical (unpaired) electrons. The number of hydrogen-bond donors (Lipinski definition) is 1. The molecule has 0 heterocycles. The van der Waals surface area contributed by atoms with Gasteiger partial charge in [-0.05, 0) is 30.5 Å². The van der Waals surface area contributed by atoms with Crippen LogP contribution in [0.2, 0.25) is 0 Å². The van der Waals surface area contributed by atoms with Crippen LogP contribution in [0.25, 0.3) is 0 Å². The lowest BCUT2D eigenvalue weighted by Gasteiger charge is -2.07. The normalized spacial score (nSPS) is 10.7. The Balaban J connectivity index is 2.02. The molecule has 0 fully saturated rings. The molecule has 0 amide bonds. The number of unbranched alkanes of at least 4 members (excludes halogenated alkanes) is 7. The molecule has 1 rings (SSSR count). The zero-order chi connectivity index (χ0) is 14.5. The fourth-order valence-corrected chi connectivity index (χ4v) is 2.35. The lowest BCUT2D eigenvalue weighted by molar-refractivity contribution is 0.296. The van der Waals surface area contributed by atoms with Gasteiger partial charge in [0.15, 0.2) is 0 Å². The first kappa shape index (κ1) is 17.0. The highest BCUT2D eigenvalue weighted by Crippen LogP contribution is 2.15. The van der Waals surface area contributed by atoms with Crippen LogP contribution in [0.15, 0.2) is 24.3 Å². The van der Waals surface area contributed by atoms with E-state index in [9.17, 15) is 0 Å². The topological polar surface area (TPSA) is 29.5 Å². The van der Waals surface area contributed by atoms with Crippen molar-refractivity contribution in [2.45, 2.75) is 64.7 Å². The van der Waals surface area contributed by atoms with E-state index >= 15 is 0 Å². The molecule has 0 spiro atoms. The van der Waals surface area contributed by atoms with E-state index in [1.165, 1.54) is 44.9 Å². The number of rotatable bonds is 12. The third-order valence-corrected chi connectivity index (χ3v) is 3.57. The van der Waals surface area contributed by atoms with Crippen LogP contribution in [0.4, 0.5) is 0 Å². The number of aliphatic hydroxyl groups is 1. The first-order valence-electron chi connectivity index (χ1n) is 8.19. The van der Waals surface area contributed by atoms with Crippen LogP contribution in [0, 0.1) is 0 Å². The van der Waals surface area contributed by atoms with Gasteiger partial charge in [0, 0.05) is 6.61 Å². The highest BCUT2D eigenvalue weighted by atomic mass is 16.5. The van der Waals surface area contributed by atoms with Crippen LogP contribution in [0.1, 0.15) is 63.9 Å². The van der Waals surface area contributed by atoms with Crippen molar-refractivity contribution in [3.8, 4) is 5.75 Å². The van der Waals surface area contributed by atoms with Crippen molar-refractivity contribution in [3.63, 3.8) is 0 Å². The molecule has 2 heteroatoms. The van der Waals surface area contributed by atoms with Gasteiger partial charge in [0.2, 0.25) is 0 Å². The highest BCUT2D eigenvalue weighted by molar-refractivity contribution is 5.28. The van der Waals surface area contributed by atoms with Gasteiger partial charge >= 0.3 is 0 Å². The second-order valence-corrected chi connectivity index (χ2v) is 5.44. The minimum absolute atomic E-state index is 0.196. The van der Waals surface area contributed by atoms with Gasteiger partial charge in [-0.15, -0.1) is 0 Å². The first-order valence-corrected chi connectivity index (χ1v) is 8.19. The average molecular weight is 278 g/mol. The van der Waals surface area contributed by atoms with E-state index in [1.807, 2.05) is 24.3 Å². The van der Waals surface area contributed by atoms with Gasteiger partial charge in [-0.3, -0.25) is 0 Å². The van der Waals surface area contributed by atoms with E-state index in [0.717, 1.165) is 24.3 Å². The van der Waals surface area contributed by atoms with Crippen molar-refractivity contribution >= 4 is 0 Å². The average Bonchev–Trinajstić information content (AvgIpc) is 2.46. The van der Waals surface area contributed by atoms with Crippen molar-refractivity contribution < 1.29 is 9.84 Å². The maximum absolute atomic E-state index is 8.92. The summed E-state index contributed by atoms with van der Waals surface area (Å²) in [6, 6.07) is 8.04. The monoisotopic (exact) mass is 278 g/mol. The van der Waals surface area contributed by atoms with Gasteiger partial charge in [-0.1, -0.05) is 64.0 Å². The Morgan fingerprint density at radius 2 is 1.65 bits per heavy atom. The number of hydrogen-bond acceptors (Lipinski definition) is 2. The van der Waals surface area contributed by atoms with Crippen LogP contribution < -0.4 is 4.74 Å². The molecule has 0 aliphatic rings. The molecule has 114 valence electrons. The summed E-state index contributed by atoms with van der Waals surface area (Å²) in [5, 5.41) is 8.92. The third kappa shape index (κ3) is 8.21. The third-order valence-electron chi connectivity index (χ3n) is 3.57. The van der Waals surface area contributed by atoms with Crippen molar-refractivity contribution in [2.24, 2.45) is 0 Å². The molecule has 2 nitrogen and oxygen atoms in total. The minimum atomic E-state index is 0.196. The Kier molecular flexibility index (Phi) is 10.0. The smallest absolute Gasteiger partial charge is 0.119 e. The Morgan fingerprint density at radius 3 is 2.35 bits per heavy atom. The van der Waals surface area contributed by atoms with E-state index in [0.29, 0.717) is 6.42 Å². The van der Waals surface area contributed by atoms with E-state index < -0.39 is 0 Å². The van der Waals surface area contributed by atoms with Gasteiger partial charge in [0.05, 0.1) is 6.61 Å². The summed E-state index contributed by atoms with van der Waals surface area (Å²) in [7, 11) is 0. The molecular weight excluding hydrogens is 248 g/mol. The molecule has 1 aromatic rings. The Morgan fingerprint density at radius 1 is 0.950 bits per heavy atom. The number of ether oxygens (including phenoxy) is 1. The van der Waals surface area contributed by atoms with Crippen LogP contribution in [-0.2, 0) is 6.42 Å². The Bertz CT molecular complexity index is 336. The lowest BCUT2D eigenvalue weighted by atomic mass is 10.1. The van der Waals surface area contributed by atoms with Gasteiger partial charge < -0.3 is 9.84 Å². The molecule has 1 aromatic carbocycles. The second-order valence-electron chi connectivity index (χ2n) is 5.44. The number of aliphatic hydroxyl groups excluding tert-OH is 1. The van der Waals surface area contributed by atoms with Crippen LogP contribution in [0.3, 0.4) is 0 Å². The summed E-state index contributed by atoms with van der Waals surface area (Å²) in [5.41, 5.74) is 1.14. The van der Waals surface area contributed by atoms with E-state index in [1.54, 1.807) is 0 Å². The van der Waals surface area contributed by atoms with Crippen molar-refractivity contribution in [3.05, 3.63) is 29.8 Å². The summed E-state index contributed by atoms with van der Waals surface area (Å²) in [4.78, 5) is 0. The van der Waals surface area contributed by atoms with Crippen LogP contribution in [0.5, 0.6) is 5.75 Å². The largest absolute Gasteiger partial charge is 0.494 e. The Hall–Kier alpha value is -1.02. The van der Waals surface area contributed by atoms with E-state index in [4.69, 9.17) is 9.84 Å². The van der Waals surface area contributed by atoms with Gasteiger partial charge in [-0.25, -0.2) is 0 Å². The number of benzene rings is 1. The van der Waals surface area contributed by atoms with Crippen molar-refractivity contribution in [2.75, 3.05) is 13.2 Å². The maximum atomic E-state index is 8.92. The van der Waals surface area contributed by atoms with Gasteiger partial charge in [0.1, 0.15) is 5.75 Å². The van der Waals surface area contributed by atoms with E-state index in [2.05, 4.69) is 6.92 Å². The zero-order valence-corrected chi connectivity index (χ0v) is 12.9. The SMILES string of the molecule is CCCCCCCCCCOc1cccc(CCO)c1. The Labute approximate surface area is 124 Å². The quantitative estimate of drug-likeness (QED) is 0.559. The highest BCUT2D eigenvalue weighted by Gasteiger charge is 1.97. The molecule has 0 aromatic heterocycles. The summed E-state index contributed by atoms with van der Waals surface area (Å²) in [6.07, 6.45) is 11.3. The molecule has 0 saturated carbocycles. The van der Waals surface area contributed by atoms with Gasteiger partial charge in [-0.2, -0.15) is 0 Å². The molecule has 0 atom stereocenters. The molecule has 0 saturated heterocycles. The summed E-state index contributed by atoms with van der Waals surface area (Å²) >= 11 is 0. The first-order chi connectivity index (χ1) is 9.86. The van der Waals surface area contributed by atoms with E-state index in [-0.39, 0.29) is 6.61 Å². The molecule has 0 bridgehead atoms. The van der Waals surface area contributed by atoms with Crippen molar-refractivity contribution in [1.29, 1.82) is 0 Å². The molecular formula is C18H30O2. The predicted molar refractivity (Wildman–Crippen MR) is 85.3 cm³/mol. The molecule has 0 aliphatic heterocycles. The maximum Gasteiger partial charge on any atom is 0.119 e. The lowest BCUT2D eigenvalue weighted by Crippen LogP contribution is -1.98. The second kappa shape index (κ2) is 11.8. The van der Waals surface area contributed by atoms with Crippen LogP contribution in [-0.4, -0.2) is 18.3 Å². The predicted octanol–water partition coefficient (Wildman–Crippen LogP) is 4.74. The van der Waals surface area contributed by atoms with Gasteiger partial charge in [0.25, 0.3) is 0 Å². The fraction of sp³-hybridized carbons (Fsp3) is 0.667. The molecule has 20 heavy (non-hydrogen) atoms. The summed E-state index contributed by atoms with van der Waals surface area (Å²) < 4.78 is 5.76. The summed E-state index contributed by atoms with van der Waals surface area (Å²) in [5.74, 6) is 0.930. The molecule has 0 aliphatic carbocycles. The summed E-state index contributed by atoms with van der Waals surface area (Å²) in [6.45, 7) is 3.26.